The maximum atomic E-state index is 11.2. The number of hydrogen-bond acceptors (Lipinski definition) is 4. The van der Waals surface area contributed by atoms with Crippen molar-refractivity contribution >= 4 is 0 Å². The molecule has 4 atom stereocenters. The molecule has 1 saturated heterocycles. The molecule has 0 radical (unpaired) electrons. The monoisotopic (exact) mass is 485 g/mol. The molecule has 2 N–H and O–H groups in total. The van der Waals surface area contributed by atoms with Crippen molar-refractivity contribution in [3.8, 4) is 6.07 Å². The lowest BCUT2D eigenvalue weighted by molar-refractivity contribution is -0.148. The average Bonchev–Trinajstić information content (AvgIpc) is 3.28. The molecule has 5 fully saturated rings. The molecule has 200 valence electrons. The van der Waals surface area contributed by atoms with E-state index in [1.165, 1.54) is 103 Å². The first-order valence-electron chi connectivity index (χ1n) is 15.7. The van der Waals surface area contributed by atoms with Crippen LogP contribution in [0.3, 0.4) is 0 Å². The summed E-state index contributed by atoms with van der Waals surface area (Å²) in [7, 11) is 0. The standard InChI is InChI=1S/C31H55N3O/c1-2-3-4-5-6-7-8-9-10-11-12-13-14-17-29(34-18-15-16-28(34)24-32)33-30-20-26-19-27(21-30)23-31(35,22-26)25-30/h26-29,33,35H,2-23,25H2,1H3/t26?,27?,28-,29?,30?,31?/m0/s1. The maximum absolute atomic E-state index is 11.2. The summed E-state index contributed by atoms with van der Waals surface area (Å²) in [6.07, 6.45) is 28.6. The predicted octanol–water partition coefficient (Wildman–Crippen LogP) is 7.46. The van der Waals surface area contributed by atoms with Gasteiger partial charge in [0.1, 0.15) is 0 Å². The van der Waals surface area contributed by atoms with Crippen LogP contribution in [0.2, 0.25) is 0 Å². The van der Waals surface area contributed by atoms with Crippen LogP contribution in [0.4, 0.5) is 0 Å². The number of likely N-dealkylation sites (tertiary alicyclic amines) is 1. The molecule has 4 nitrogen and oxygen atoms in total. The van der Waals surface area contributed by atoms with Crippen molar-refractivity contribution in [1.29, 1.82) is 5.26 Å². The lowest BCUT2D eigenvalue weighted by Crippen LogP contribution is -2.68. The number of nitriles is 1. The molecule has 35 heavy (non-hydrogen) atoms. The van der Waals surface area contributed by atoms with Crippen molar-refractivity contribution in [2.45, 2.75) is 172 Å². The molecule has 1 heterocycles. The summed E-state index contributed by atoms with van der Waals surface area (Å²) in [5.41, 5.74) is -0.306. The topological polar surface area (TPSA) is 59.3 Å². The van der Waals surface area contributed by atoms with Crippen LogP contribution in [0.25, 0.3) is 0 Å². The highest BCUT2D eigenvalue weighted by molar-refractivity contribution is 5.13. The van der Waals surface area contributed by atoms with Gasteiger partial charge in [-0.3, -0.25) is 10.2 Å². The van der Waals surface area contributed by atoms with E-state index < -0.39 is 5.60 Å². The number of nitrogens with one attached hydrogen (secondary N) is 1. The zero-order valence-electron chi connectivity index (χ0n) is 22.9. The molecule has 0 spiro atoms. The zero-order chi connectivity index (χ0) is 24.6. The van der Waals surface area contributed by atoms with Crippen molar-refractivity contribution in [3.63, 3.8) is 0 Å². The third kappa shape index (κ3) is 7.68. The summed E-state index contributed by atoms with van der Waals surface area (Å²) in [5, 5.41) is 25.2. The van der Waals surface area contributed by atoms with E-state index in [1.807, 2.05) is 0 Å². The molecule has 3 unspecified atom stereocenters. The molecule has 4 bridgehead atoms. The molecule has 4 heteroatoms. The first-order valence-corrected chi connectivity index (χ1v) is 15.7. The van der Waals surface area contributed by atoms with Crippen LogP contribution in [0.5, 0.6) is 0 Å². The van der Waals surface area contributed by atoms with Crippen LogP contribution in [0, 0.1) is 23.2 Å². The van der Waals surface area contributed by atoms with Gasteiger partial charge in [-0.05, 0) is 69.6 Å². The SMILES string of the molecule is CCCCCCCCCCCCCCCC(NC12CC3CC(CC(O)(C3)C1)C2)N1CCC[C@H]1C#N. The van der Waals surface area contributed by atoms with Crippen molar-refractivity contribution in [3.05, 3.63) is 0 Å². The van der Waals surface area contributed by atoms with Crippen LogP contribution >= 0.6 is 0 Å². The molecule has 4 saturated carbocycles. The van der Waals surface area contributed by atoms with E-state index in [-0.39, 0.29) is 11.6 Å². The van der Waals surface area contributed by atoms with E-state index in [1.54, 1.807) is 0 Å². The lowest BCUT2D eigenvalue weighted by Gasteiger charge is -2.61. The van der Waals surface area contributed by atoms with Gasteiger partial charge in [0.05, 0.1) is 23.9 Å². The number of aliphatic hydroxyl groups is 1. The Morgan fingerprint density at radius 3 is 2.00 bits per heavy atom. The highest BCUT2D eigenvalue weighted by Gasteiger charge is 2.57. The van der Waals surface area contributed by atoms with Gasteiger partial charge in [-0.1, -0.05) is 90.4 Å². The Morgan fingerprint density at radius 1 is 0.886 bits per heavy atom. The normalized spacial score (nSPS) is 34.9. The van der Waals surface area contributed by atoms with Gasteiger partial charge >= 0.3 is 0 Å². The largest absolute Gasteiger partial charge is 0.390 e. The molecule has 4 aliphatic carbocycles. The fraction of sp³-hybridized carbons (Fsp3) is 0.968. The van der Waals surface area contributed by atoms with Gasteiger partial charge in [-0.15, -0.1) is 0 Å². The Hall–Kier alpha value is -0.630. The quantitative estimate of drug-likeness (QED) is 0.210. The molecular formula is C31H55N3O. The van der Waals surface area contributed by atoms with E-state index >= 15 is 0 Å². The second-order valence-corrected chi connectivity index (χ2v) is 13.2. The molecule has 5 rings (SSSR count). The third-order valence-corrected chi connectivity index (χ3v) is 9.93. The minimum absolute atomic E-state index is 0.0754. The minimum atomic E-state index is -0.420. The Morgan fingerprint density at radius 2 is 1.46 bits per heavy atom. The number of rotatable bonds is 17. The third-order valence-electron chi connectivity index (χ3n) is 9.93. The van der Waals surface area contributed by atoms with Crippen LogP contribution in [0.1, 0.15) is 148 Å². The van der Waals surface area contributed by atoms with E-state index in [0.717, 1.165) is 45.1 Å². The summed E-state index contributed by atoms with van der Waals surface area (Å²) >= 11 is 0. The Labute approximate surface area is 216 Å². The lowest BCUT2D eigenvalue weighted by atomic mass is 9.51. The van der Waals surface area contributed by atoms with Crippen molar-refractivity contribution in [2.24, 2.45) is 11.8 Å². The van der Waals surface area contributed by atoms with Gasteiger partial charge in [0.2, 0.25) is 0 Å². The smallest absolute Gasteiger partial charge is 0.0990 e. The molecule has 1 aliphatic heterocycles. The summed E-state index contributed by atoms with van der Waals surface area (Å²) in [5.74, 6) is 1.41. The summed E-state index contributed by atoms with van der Waals surface area (Å²) in [4.78, 5) is 2.49. The fourth-order valence-corrected chi connectivity index (χ4v) is 8.71. The van der Waals surface area contributed by atoms with Crippen LogP contribution in [0.15, 0.2) is 0 Å². The first kappa shape index (κ1) is 27.4. The van der Waals surface area contributed by atoms with Gasteiger partial charge in [-0.25, -0.2) is 0 Å². The van der Waals surface area contributed by atoms with Crippen molar-refractivity contribution < 1.29 is 5.11 Å². The second kappa shape index (κ2) is 13.3. The molecule has 0 aromatic heterocycles. The Bertz CT molecular complexity index is 659. The van der Waals surface area contributed by atoms with E-state index in [4.69, 9.17) is 0 Å². The highest BCUT2D eigenvalue weighted by atomic mass is 16.3. The summed E-state index contributed by atoms with van der Waals surface area (Å²) in [6.45, 7) is 3.35. The highest BCUT2D eigenvalue weighted by Crippen LogP contribution is 2.57. The fourth-order valence-electron chi connectivity index (χ4n) is 8.71. The van der Waals surface area contributed by atoms with Crippen molar-refractivity contribution in [1.82, 2.24) is 10.2 Å². The first-order chi connectivity index (χ1) is 17.0. The van der Waals surface area contributed by atoms with Gasteiger partial charge in [0, 0.05) is 12.1 Å². The minimum Gasteiger partial charge on any atom is -0.390 e. The number of nitrogens with zero attached hydrogens (tertiary/aromatic N) is 2. The second-order valence-electron chi connectivity index (χ2n) is 13.2. The average molecular weight is 486 g/mol. The predicted molar refractivity (Wildman–Crippen MR) is 145 cm³/mol. The molecule has 0 amide bonds. The number of hydrogen-bond donors (Lipinski definition) is 2. The molecule has 0 aromatic carbocycles. The van der Waals surface area contributed by atoms with Gasteiger partial charge in [-0.2, -0.15) is 5.26 Å². The Balaban J connectivity index is 1.17. The van der Waals surface area contributed by atoms with Crippen LogP contribution in [-0.2, 0) is 0 Å². The molecular weight excluding hydrogens is 430 g/mol. The van der Waals surface area contributed by atoms with Gasteiger partial charge < -0.3 is 5.11 Å². The maximum Gasteiger partial charge on any atom is 0.0990 e. The summed E-state index contributed by atoms with van der Waals surface area (Å²) in [6, 6.07) is 2.67. The van der Waals surface area contributed by atoms with Crippen molar-refractivity contribution in [2.75, 3.05) is 6.54 Å². The molecule has 0 aromatic rings. The van der Waals surface area contributed by atoms with Crippen LogP contribution < -0.4 is 5.32 Å². The van der Waals surface area contributed by atoms with Crippen LogP contribution in [-0.4, -0.2) is 39.9 Å². The van der Waals surface area contributed by atoms with E-state index in [9.17, 15) is 10.4 Å². The van der Waals surface area contributed by atoms with E-state index in [2.05, 4.69) is 23.2 Å². The van der Waals surface area contributed by atoms with Gasteiger partial charge in [0.25, 0.3) is 0 Å². The number of unbranched alkanes of at least 4 members (excludes halogenated alkanes) is 12. The Kier molecular flexibility index (Phi) is 10.4. The van der Waals surface area contributed by atoms with Gasteiger partial charge in [0.15, 0.2) is 0 Å². The summed E-state index contributed by atoms with van der Waals surface area (Å²) < 4.78 is 0. The zero-order valence-corrected chi connectivity index (χ0v) is 22.9. The van der Waals surface area contributed by atoms with E-state index in [0.29, 0.717) is 18.0 Å². The molecule has 5 aliphatic rings.